The van der Waals surface area contributed by atoms with Crippen molar-refractivity contribution in [1.82, 2.24) is 4.98 Å². The van der Waals surface area contributed by atoms with Gasteiger partial charge in [0.2, 0.25) is 5.91 Å². The third kappa shape index (κ3) is 1.93. The Morgan fingerprint density at radius 1 is 1.18 bits per heavy atom. The summed E-state index contributed by atoms with van der Waals surface area (Å²) in [5.41, 5.74) is 1.92. The number of rotatable bonds is 0. The lowest BCUT2D eigenvalue weighted by Gasteiger charge is -2.06. The average molecular weight is 322 g/mol. The molecule has 0 saturated carbocycles. The maximum absolute atomic E-state index is 12.9. The van der Waals surface area contributed by atoms with Gasteiger partial charge in [0.05, 0.1) is 28.2 Å². The van der Waals surface area contributed by atoms with E-state index in [9.17, 15) is 18.0 Å². The monoisotopic (exact) mass is 322 g/mol. The predicted octanol–water partition coefficient (Wildman–Crippen LogP) is 4.41. The Labute approximate surface area is 126 Å². The molecule has 0 atom stereocenters. The average Bonchev–Trinajstić information content (AvgIpc) is 2.99. The van der Waals surface area contributed by atoms with Crippen molar-refractivity contribution < 1.29 is 18.0 Å². The molecule has 0 spiro atoms. The minimum atomic E-state index is -4.40. The summed E-state index contributed by atoms with van der Waals surface area (Å²) in [7, 11) is 0. The second-order valence-electron chi connectivity index (χ2n) is 5.13. The summed E-state index contributed by atoms with van der Waals surface area (Å²) in [4.78, 5) is 16.0. The standard InChI is InChI=1S/C15H9F3N2OS/c16-15(17,18)7-1-2-10-8(5-7)9-6-12(21)19-11-3-4-22-14(11)13(9)20-10/h1-5,20H,6H2,(H,19,21). The van der Waals surface area contributed by atoms with Gasteiger partial charge in [-0.2, -0.15) is 13.2 Å². The molecule has 3 aromatic rings. The molecule has 0 fully saturated rings. The molecule has 1 amide bonds. The Balaban J connectivity index is 2.02. The van der Waals surface area contributed by atoms with Crippen LogP contribution in [-0.2, 0) is 17.4 Å². The van der Waals surface area contributed by atoms with Crippen molar-refractivity contribution in [3.8, 4) is 10.6 Å². The zero-order valence-corrected chi connectivity index (χ0v) is 11.9. The number of nitrogens with one attached hydrogen (secondary N) is 2. The fourth-order valence-electron chi connectivity index (χ4n) is 2.76. The third-order valence-corrected chi connectivity index (χ3v) is 4.67. The van der Waals surface area contributed by atoms with Crippen LogP contribution in [0.15, 0.2) is 29.6 Å². The summed E-state index contributed by atoms with van der Waals surface area (Å²) in [6.07, 6.45) is -4.35. The first-order valence-electron chi connectivity index (χ1n) is 6.53. The maximum atomic E-state index is 12.9. The molecule has 0 saturated heterocycles. The van der Waals surface area contributed by atoms with Gasteiger partial charge in [-0.1, -0.05) is 0 Å². The van der Waals surface area contributed by atoms with Crippen molar-refractivity contribution in [3.05, 3.63) is 40.8 Å². The number of hydrogen-bond acceptors (Lipinski definition) is 2. The fraction of sp³-hybridized carbons (Fsp3) is 0.133. The number of benzene rings is 1. The summed E-state index contributed by atoms with van der Waals surface area (Å²) >= 11 is 1.44. The second-order valence-corrected chi connectivity index (χ2v) is 6.04. The number of thiophene rings is 1. The van der Waals surface area contributed by atoms with Crippen LogP contribution >= 0.6 is 11.3 Å². The van der Waals surface area contributed by atoms with E-state index in [4.69, 9.17) is 0 Å². The second kappa shape index (κ2) is 4.36. The number of halogens is 3. The number of aromatic nitrogens is 1. The van der Waals surface area contributed by atoms with Crippen LogP contribution in [0.3, 0.4) is 0 Å². The molecule has 1 aliphatic rings. The zero-order valence-electron chi connectivity index (χ0n) is 11.0. The minimum Gasteiger partial charge on any atom is -0.354 e. The van der Waals surface area contributed by atoms with Crippen LogP contribution in [-0.4, -0.2) is 10.9 Å². The summed E-state index contributed by atoms with van der Waals surface area (Å²) in [6, 6.07) is 5.36. The molecule has 0 radical (unpaired) electrons. The Morgan fingerprint density at radius 2 is 2.00 bits per heavy atom. The topological polar surface area (TPSA) is 44.9 Å². The normalized spacial score (nSPS) is 14.4. The molecule has 4 rings (SSSR count). The largest absolute Gasteiger partial charge is 0.416 e. The smallest absolute Gasteiger partial charge is 0.354 e. The molecule has 3 heterocycles. The number of hydrogen-bond donors (Lipinski definition) is 2. The Bertz CT molecular complexity index is 907. The number of carbonyl (C=O) groups is 1. The van der Waals surface area contributed by atoms with E-state index >= 15 is 0 Å². The van der Waals surface area contributed by atoms with Crippen LogP contribution in [0.25, 0.3) is 21.5 Å². The Hall–Kier alpha value is -2.28. The molecule has 0 bridgehead atoms. The number of fused-ring (bicyclic) bond motifs is 5. The quantitative estimate of drug-likeness (QED) is 0.633. The summed E-state index contributed by atoms with van der Waals surface area (Å²) in [5.74, 6) is -0.225. The van der Waals surface area contributed by atoms with Gasteiger partial charge in [-0.05, 0) is 35.2 Å². The van der Waals surface area contributed by atoms with Gasteiger partial charge in [0.15, 0.2) is 0 Å². The summed E-state index contributed by atoms with van der Waals surface area (Å²) in [6.45, 7) is 0. The van der Waals surface area contributed by atoms with E-state index in [1.165, 1.54) is 17.4 Å². The molecule has 1 aliphatic heterocycles. The van der Waals surface area contributed by atoms with Crippen molar-refractivity contribution in [2.75, 3.05) is 5.32 Å². The van der Waals surface area contributed by atoms with E-state index in [1.807, 2.05) is 5.38 Å². The first-order chi connectivity index (χ1) is 10.4. The van der Waals surface area contributed by atoms with Crippen LogP contribution in [0.5, 0.6) is 0 Å². The number of aromatic amines is 1. The van der Waals surface area contributed by atoms with Gasteiger partial charge in [-0.3, -0.25) is 4.79 Å². The number of H-pyrrole nitrogens is 1. The van der Waals surface area contributed by atoms with Gasteiger partial charge in [0, 0.05) is 10.9 Å². The number of amides is 1. The Kier molecular flexibility index (Phi) is 2.65. The van der Waals surface area contributed by atoms with E-state index < -0.39 is 11.7 Å². The van der Waals surface area contributed by atoms with Crippen molar-refractivity contribution in [2.45, 2.75) is 12.6 Å². The molecule has 2 N–H and O–H groups in total. The van der Waals surface area contributed by atoms with Crippen LogP contribution in [0.4, 0.5) is 18.9 Å². The van der Waals surface area contributed by atoms with Crippen molar-refractivity contribution in [2.24, 2.45) is 0 Å². The highest BCUT2D eigenvalue weighted by Crippen LogP contribution is 2.42. The molecule has 7 heteroatoms. The highest BCUT2D eigenvalue weighted by molar-refractivity contribution is 7.14. The predicted molar refractivity (Wildman–Crippen MR) is 78.9 cm³/mol. The maximum Gasteiger partial charge on any atom is 0.416 e. The van der Waals surface area contributed by atoms with Gasteiger partial charge < -0.3 is 10.3 Å². The number of alkyl halides is 3. The summed E-state index contributed by atoms with van der Waals surface area (Å²) < 4.78 is 38.7. The minimum absolute atomic E-state index is 0.0536. The van der Waals surface area contributed by atoms with Gasteiger partial charge in [0.1, 0.15) is 0 Å². The van der Waals surface area contributed by atoms with Crippen LogP contribution in [0.1, 0.15) is 11.1 Å². The zero-order chi connectivity index (χ0) is 15.5. The van der Waals surface area contributed by atoms with Gasteiger partial charge in [-0.15, -0.1) is 11.3 Å². The molecule has 22 heavy (non-hydrogen) atoms. The van der Waals surface area contributed by atoms with E-state index in [0.29, 0.717) is 22.2 Å². The fourth-order valence-corrected chi connectivity index (χ4v) is 3.64. The van der Waals surface area contributed by atoms with E-state index in [0.717, 1.165) is 22.7 Å². The van der Waals surface area contributed by atoms with Crippen molar-refractivity contribution in [3.63, 3.8) is 0 Å². The summed E-state index contributed by atoms with van der Waals surface area (Å²) in [5, 5.41) is 5.06. The van der Waals surface area contributed by atoms with Gasteiger partial charge >= 0.3 is 6.18 Å². The first-order valence-corrected chi connectivity index (χ1v) is 7.41. The van der Waals surface area contributed by atoms with Crippen molar-refractivity contribution in [1.29, 1.82) is 0 Å². The number of carbonyl (C=O) groups excluding carboxylic acids is 1. The molecule has 112 valence electrons. The third-order valence-electron chi connectivity index (χ3n) is 3.74. The molecule has 0 unspecified atom stereocenters. The SMILES string of the molecule is O=C1Cc2c([nH]c3ccc(C(F)(F)F)cc23)-c2sccc2N1. The lowest BCUT2D eigenvalue weighted by Crippen LogP contribution is -2.12. The first kappa shape index (κ1) is 13.4. The molecular weight excluding hydrogens is 313 g/mol. The van der Waals surface area contributed by atoms with Gasteiger partial charge in [0.25, 0.3) is 0 Å². The van der Waals surface area contributed by atoms with Crippen LogP contribution in [0.2, 0.25) is 0 Å². The molecule has 0 aliphatic carbocycles. The molecule has 3 nitrogen and oxygen atoms in total. The highest BCUT2D eigenvalue weighted by atomic mass is 32.1. The van der Waals surface area contributed by atoms with E-state index in [-0.39, 0.29) is 12.3 Å². The molecule has 1 aromatic carbocycles. The van der Waals surface area contributed by atoms with Crippen molar-refractivity contribution >= 4 is 33.8 Å². The molecular formula is C15H9F3N2OS. The van der Waals surface area contributed by atoms with Crippen LogP contribution in [0, 0.1) is 0 Å². The van der Waals surface area contributed by atoms with E-state index in [2.05, 4.69) is 10.3 Å². The molecule has 2 aromatic heterocycles. The highest BCUT2D eigenvalue weighted by Gasteiger charge is 2.32. The van der Waals surface area contributed by atoms with Crippen LogP contribution < -0.4 is 5.32 Å². The van der Waals surface area contributed by atoms with E-state index in [1.54, 1.807) is 6.07 Å². The lowest BCUT2D eigenvalue weighted by atomic mass is 10.0. The van der Waals surface area contributed by atoms with Gasteiger partial charge in [-0.25, -0.2) is 0 Å². The Morgan fingerprint density at radius 3 is 2.77 bits per heavy atom. The lowest BCUT2D eigenvalue weighted by molar-refractivity contribution is -0.137. The number of anilines is 1.